The second-order valence-electron chi connectivity index (χ2n) is 3.25. The van der Waals surface area contributed by atoms with Crippen LogP contribution in [0.2, 0.25) is 0 Å². The van der Waals surface area contributed by atoms with Crippen molar-refractivity contribution in [2.75, 3.05) is 0 Å². The van der Waals surface area contributed by atoms with E-state index < -0.39 is 5.97 Å². The van der Waals surface area contributed by atoms with E-state index in [1.165, 1.54) is 0 Å². The zero-order chi connectivity index (χ0) is 10.5. The largest absolute Gasteiger partial charge is 0.475 e. The zero-order valence-corrected chi connectivity index (χ0v) is 8.16. The Hall–Kier alpha value is -1.78. The fraction of sp³-hybridized carbons (Fsp3) is 0.333. The van der Waals surface area contributed by atoms with Crippen LogP contribution in [0.15, 0.2) is 4.42 Å². The van der Waals surface area contributed by atoms with Crippen LogP contribution in [0.3, 0.4) is 0 Å². The van der Waals surface area contributed by atoms with Crippen molar-refractivity contribution in [1.29, 1.82) is 0 Å². The van der Waals surface area contributed by atoms with Gasteiger partial charge in [-0.3, -0.25) is 4.68 Å². The second kappa shape index (κ2) is 2.60. The van der Waals surface area contributed by atoms with E-state index in [1.54, 1.807) is 18.7 Å². The molecule has 74 valence electrons. The summed E-state index contributed by atoms with van der Waals surface area (Å²) >= 11 is 0. The molecule has 0 aromatic carbocycles. The molecule has 1 N–H and O–H groups in total. The third kappa shape index (κ3) is 0.951. The number of nitrogens with zero attached hydrogens (tertiary/aromatic N) is 2. The summed E-state index contributed by atoms with van der Waals surface area (Å²) in [4.78, 5) is 10.8. The summed E-state index contributed by atoms with van der Waals surface area (Å²) in [6.07, 6.45) is 0. The van der Waals surface area contributed by atoms with Crippen molar-refractivity contribution < 1.29 is 14.3 Å². The number of hydrogen-bond donors (Lipinski definition) is 1. The molecule has 0 aliphatic rings. The Balaban J connectivity index is 2.84. The lowest BCUT2D eigenvalue weighted by Crippen LogP contribution is -1.97. The maximum atomic E-state index is 10.8. The first-order valence-electron chi connectivity index (χ1n) is 4.18. The molecule has 0 aliphatic carbocycles. The molecule has 0 unspecified atom stereocenters. The molecule has 5 nitrogen and oxygen atoms in total. The van der Waals surface area contributed by atoms with E-state index in [0.29, 0.717) is 11.3 Å². The number of rotatable bonds is 1. The lowest BCUT2D eigenvalue weighted by molar-refractivity contribution is 0.0663. The van der Waals surface area contributed by atoms with E-state index in [1.807, 2.05) is 6.92 Å². The molecule has 5 heteroatoms. The van der Waals surface area contributed by atoms with E-state index in [-0.39, 0.29) is 5.76 Å². The van der Waals surface area contributed by atoms with Crippen LogP contribution >= 0.6 is 0 Å². The van der Waals surface area contributed by atoms with Gasteiger partial charge in [-0.1, -0.05) is 0 Å². The highest BCUT2D eigenvalue weighted by Gasteiger charge is 2.20. The summed E-state index contributed by atoms with van der Waals surface area (Å²) in [7, 11) is 1.80. The first-order valence-corrected chi connectivity index (χ1v) is 4.18. The number of carbonyl (C=O) groups is 1. The van der Waals surface area contributed by atoms with Gasteiger partial charge < -0.3 is 9.52 Å². The fourth-order valence-corrected chi connectivity index (χ4v) is 1.57. The number of carboxylic acids is 1. The molecular formula is C9H10N2O3. The summed E-state index contributed by atoms with van der Waals surface area (Å²) in [5.74, 6) is -1.08. The Labute approximate surface area is 79.9 Å². The van der Waals surface area contributed by atoms with Crippen LogP contribution in [0.1, 0.15) is 21.8 Å². The van der Waals surface area contributed by atoms with Crippen molar-refractivity contribution in [3.8, 4) is 0 Å². The van der Waals surface area contributed by atoms with Gasteiger partial charge in [0.25, 0.3) is 0 Å². The molecule has 2 aromatic heterocycles. The number of fused-ring (bicyclic) bond motifs is 1. The zero-order valence-electron chi connectivity index (χ0n) is 8.16. The SMILES string of the molecule is Cc1c(C(=O)O)oc2nn(C)c(C)c12. The normalized spacial score (nSPS) is 11.1. The van der Waals surface area contributed by atoms with Crippen molar-refractivity contribution in [1.82, 2.24) is 9.78 Å². The summed E-state index contributed by atoms with van der Waals surface area (Å²) in [6, 6.07) is 0. The molecule has 0 radical (unpaired) electrons. The van der Waals surface area contributed by atoms with Crippen LogP contribution in [0.4, 0.5) is 0 Å². The highest BCUT2D eigenvalue weighted by molar-refractivity contribution is 5.94. The molecule has 0 fully saturated rings. The van der Waals surface area contributed by atoms with E-state index in [4.69, 9.17) is 9.52 Å². The number of aryl methyl sites for hydroxylation is 3. The number of carboxylic acid groups (broad SMARTS) is 1. The van der Waals surface area contributed by atoms with E-state index in [9.17, 15) is 4.79 Å². The highest BCUT2D eigenvalue weighted by Crippen LogP contribution is 2.26. The maximum absolute atomic E-state index is 10.8. The van der Waals surface area contributed by atoms with E-state index in [2.05, 4.69) is 5.10 Å². The van der Waals surface area contributed by atoms with Crippen LogP contribution < -0.4 is 0 Å². The molecule has 14 heavy (non-hydrogen) atoms. The lowest BCUT2D eigenvalue weighted by atomic mass is 10.2. The van der Waals surface area contributed by atoms with Gasteiger partial charge in [0.1, 0.15) is 0 Å². The highest BCUT2D eigenvalue weighted by atomic mass is 16.4. The van der Waals surface area contributed by atoms with Gasteiger partial charge in [0.15, 0.2) is 0 Å². The number of furan rings is 1. The van der Waals surface area contributed by atoms with Crippen molar-refractivity contribution in [2.45, 2.75) is 13.8 Å². The van der Waals surface area contributed by atoms with Crippen LogP contribution in [0.25, 0.3) is 11.1 Å². The van der Waals surface area contributed by atoms with Crippen molar-refractivity contribution in [3.05, 3.63) is 17.0 Å². The summed E-state index contributed by atoms with van der Waals surface area (Å²) < 4.78 is 6.80. The molecule has 0 saturated heterocycles. The lowest BCUT2D eigenvalue weighted by Gasteiger charge is -1.94. The van der Waals surface area contributed by atoms with Gasteiger partial charge in [-0.2, -0.15) is 0 Å². The topological polar surface area (TPSA) is 68.3 Å². The van der Waals surface area contributed by atoms with Crippen LogP contribution in [-0.4, -0.2) is 20.9 Å². The average Bonchev–Trinajstić information content (AvgIpc) is 2.54. The minimum absolute atomic E-state index is 0.0220. The summed E-state index contributed by atoms with van der Waals surface area (Å²) in [6.45, 7) is 3.60. The third-order valence-electron chi connectivity index (χ3n) is 2.41. The molecule has 2 rings (SSSR count). The number of aromatic carboxylic acids is 1. The second-order valence-corrected chi connectivity index (χ2v) is 3.25. The summed E-state index contributed by atoms with van der Waals surface area (Å²) in [5.41, 5.74) is 1.94. The van der Waals surface area contributed by atoms with Crippen LogP contribution in [0, 0.1) is 13.8 Å². The molecule has 0 atom stereocenters. The van der Waals surface area contributed by atoms with Crippen molar-refractivity contribution in [2.24, 2.45) is 7.05 Å². The van der Waals surface area contributed by atoms with Gasteiger partial charge in [0, 0.05) is 18.3 Å². The van der Waals surface area contributed by atoms with Gasteiger partial charge in [0.05, 0.1) is 5.39 Å². The van der Waals surface area contributed by atoms with Crippen LogP contribution in [-0.2, 0) is 7.05 Å². The molecule has 2 aromatic rings. The Bertz CT molecular complexity index is 522. The number of hydrogen-bond acceptors (Lipinski definition) is 3. The Morgan fingerprint density at radius 1 is 1.50 bits per heavy atom. The molecule has 0 amide bonds. The van der Waals surface area contributed by atoms with Gasteiger partial charge >= 0.3 is 5.97 Å². The number of aromatic nitrogens is 2. The first kappa shape index (κ1) is 8.80. The van der Waals surface area contributed by atoms with E-state index >= 15 is 0 Å². The average molecular weight is 194 g/mol. The van der Waals surface area contributed by atoms with E-state index in [0.717, 1.165) is 11.1 Å². The van der Waals surface area contributed by atoms with Gasteiger partial charge in [-0.05, 0) is 13.8 Å². The van der Waals surface area contributed by atoms with Crippen LogP contribution in [0.5, 0.6) is 0 Å². The molecule has 0 spiro atoms. The predicted molar refractivity (Wildman–Crippen MR) is 49.4 cm³/mol. The molecule has 0 aliphatic heterocycles. The molecule has 0 saturated carbocycles. The summed E-state index contributed by atoms with van der Waals surface area (Å²) in [5, 5.41) is 13.7. The van der Waals surface area contributed by atoms with Gasteiger partial charge in [0.2, 0.25) is 11.5 Å². The van der Waals surface area contributed by atoms with Crippen molar-refractivity contribution >= 4 is 17.1 Å². The quantitative estimate of drug-likeness (QED) is 0.746. The molecule has 0 bridgehead atoms. The Morgan fingerprint density at radius 3 is 2.64 bits per heavy atom. The monoisotopic (exact) mass is 194 g/mol. The first-order chi connectivity index (χ1) is 6.52. The molecule has 2 heterocycles. The van der Waals surface area contributed by atoms with Crippen molar-refractivity contribution in [3.63, 3.8) is 0 Å². The maximum Gasteiger partial charge on any atom is 0.372 e. The third-order valence-corrected chi connectivity index (χ3v) is 2.41. The van der Waals surface area contributed by atoms with Gasteiger partial charge in [-0.15, -0.1) is 5.10 Å². The minimum Gasteiger partial charge on any atom is -0.475 e. The molecular weight excluding hydrogens is 184 g/mol. The standard InChI is InChI=1S/C9H10N2O3/c1-4-6-5(2)11(3)10-8(6)14-7(4)9(12)13/h1-3H3,(H,12,13). The fourth-order valence-electron chi connectivity index (χ4n) is 1.57. The Morgan fingerprint density at radius 2 is 2.14 bits per heavy atom. The minimum atomic E-state index is -1.05. The van der Waals surface area contributed by atoms with Gasteiger partial charge in [-0.25, -0.2) is 4.79 Å². The smallest absolute Gasteiger partial charge is 0.372 e. The predicted octanol–water partition coefficient (Wildman–Crippen LogP) is 1.48. The Kier molecular flexibility index (Phi) is 1.64.